The molecule has 214 valence electrons. The molecule has 0 aliphatic carbocycles. The third-order valence-corrected chi connectivity index (χ3v) is 7.57. The minimum atomic E-state index is -0.750. The molecule has 1 heterocycles. The highest BCUT2D eigenvalue weighted by Crippen LogP contribution is 2.31. The van der Waals surface area contributed by atoms with Crippen LogP contribution < -0.4 is 5.32 Å². The molecular weight excluding hydrogens is 544 g/mol. The van der Waals surface area contributed by atoms with E-state index in [9.17, 15) is 34.6 Å². The van der Waals surface area contributed by atoms with Crippen LogP contribution in [-0.2, 0) is 27.5 Å². The van der Waals surface area contributed by atoms with Gasteiger partial charge in [-0.15, -0.1) is 0 Å². The van der Waals surface area contributed by atoms with Gasteiger partial charge in [0.25, 0.3) is 11.4 Å². The molecule has 1 saturated heterocycles. The summed E-state index contributed by atoms with van der Waals surface area (Å²) in [7, 11) is 0. The number of nitrogens with zero attached hydrogens (tertiary/aromatic N) is 3. The van der Waals surface area contributed by atoms with Crippen molar-refractivity contribution in [3.8, 4) is 0 Å². The second-order valence-corrected chi connectivity index (χ2v) is 10.7. The van der Waals surface area contributed by atoms with Crippen molar-refractivity contribution in [2.45, 2.75) is 64.2 Å². The van der Waals surface area contributed by atoms with Crippen molar-refractivity contribution < 1.29 is 33.7 Å². The number of alkyl carbamates (subject to hydrolysis) is 1. The summed E-state index contributed by atoms with van der Waals surface area (Å²) in [5.41, 5.74) is 1.30. The summed E-state index contributed by atoms with van der Waals surface area (Å²) >= 11 is 1.11. The molecule has 2 aromatic carbocycles. The third kappa shape index (κ3) is 7.91. The lowest BCUT2D eigenvalue weighted by Crippen LogP contribution is -2.50. The molecule has 0 spiro atoms. The minimum Gasteiger partial charge on any atom is -0.445 e. The Hall–Kier alpha value is -4.20. The second-order valence-electron chi connectivity index (χ2n) is 9.22. The largest absolute Gasteiger partial charge is 0.445 e. The van der Waals surface area contributed by atoms with E-state index in [1.54, 1.807) is 13.0 Å². The lowest BCUT2D eigenvalue weighted by molar-refractivity contribution is -0.385. The number of carbonyl (C=O) groups is 3. The van der Waals surface area contributed by atoms with Gasteiger partial charge >= 0.3 is 12.2 Å². The molecule has 0 saturated carbocycles. The van der Waals surface area contributed by atoms with E-state index in [2.05, 4.69) is 5.32 Å². The number of ether oxygens (including phenoxy) is 2. The van der Waals surface area contributed by atoms with Crippen molar-refractivity contribution in [2.24, 2.45) is 0 Å². The summed E-state index contributed by atoms with van der Waals surface area (Å²) in [5.74, 6) is 0. The lowest BCUT2D eigenvalue weighted by atomic mass is 10.0. The van der Waals surface area contributed by atoms with Gasteiger partial charge in [0.2, 0.25) is 0 Å². The first-order chi connectivity index (χ1) is 19.0. The topological polar surface area (TPSA) is 171 Å². The predicted octanol–water partition coefficient (Wildman–Crippen LogP) is 4.88. The molecule has 1 aliphatic rings. The third-order valence-electron chi connectivity index (χ3n) is 6.56. The Kier molecular flexibility index (Phi) is 10.4. The highest BCUT2D eigenvalue weighted by atomic mass is 32.2. The summed E-state index contributed by atoms with van der Waals surface area (Å²) in [5, 5.41) is 24.5. The number of thioether (sulfide) groups is 1. The van der Waals surface area contributed by atoms with E-state index in [0.29, 0.717) is 29.5 Å². The number of nitrogens with one attached hydrogen (secondary N) is 1. The SMILES string of the molecule is CCC(NC(=O)OCc1cccc([N+](=O)[O-])c1C)C1CC(SC(C)=O)CN1C(=O)OCc1ccc([N+](=O)[O-])cc1. The summed E-state index contributed by atoms with van der Waals surface area (Å²) in [6, 6.07) is 9.14. The Bertz CT molecular complexity index is 1270. The minimum absolute atomic E-state index is 0.0733. The summed E-state index contributed by atoms with van der Waals surface area (Å²) in [6.07, 6.45) is -0.519. The van der Waals surface area contributed by atoms with Gasteiger partial charge in [-0.1, -0.05) is 30.8 Å². The highest BCUT2D eigenvalue weighted by Gasteiger charge is 2.41. The number of amides is 2. The Morgan fingerprint density at radius 2 is 1.77 bits per heavy atom. The Morgan fingerprint density at radius 1 is 1.07 bits per heavy atom. The molecule has 13 nitrogen and oxygen atoms in total. The van der Waals surface area contributed by atoms with E-state index in [0.717, 1.165) is 11.8 Å². The Morgan fingerprint density at radius 3 is 2.38 bits per heavy atom. The van der Waals surface area contributed by atoms with Crippen LogP contribution in [-0.4, -0.2) is 55.9 Å². The van der Waals surface area contributed by atoms with E-state index in [4.69, 9.17) is 9.47 Å². The average Bonchev–Trinajstić information content (AvgIpc) is 3.32. The standard InChI is InChI=1S/C26H30N4O9S/c1-4-22(27-25(32)38-15-19-6-5-7-23(16(19)2)30(36)37)24-12-21(40-17(3)31)13-28(24)26(33)39-14-18-8-10-20(11-9-18)29(34)35/h5-11,21-22,24H,4,12-15H2,1-3H3,(H,27,32). The molecule has 40 heavy (non-hydrogen) atoms. The predicted molar refractivity (Wildman–Crippen MR) is 146 cm³/mol. The van der Waals surface area contributed by atoms with E-state index < -0.39 is 34.1 Å². The van der Waals surface area contributed by atoms with E-state index >= 15 is 0 Å². The van der Waals surface area contributed by atoms with Crippen LogP contribution in [0, 0.1) is 27.2 Å². The number of hydrogen-bond donors (Lipinski definition) is 1. The zero-order chi connectivity index (χ0) is 29.4. The molecule has 3 rings (SSSR count). The van der Waals surface area contributed by atoms with Gasteiger partial charge in [-0.3, -0.25) is 25.0 Å². The van der Waals surface area contributed by atoms with Crippen molar-refractivity contribution in [1.82, 2.24) is 10.2 Å². The van der Waals surface area contributed by atoms with E-state index in [1.165, 1.54) is 48.2 Å². The number of hydrogen-bond acceptors (Lipinski definition) is 10. The van der Waals surface area contributed by atoms with Gasteiger partial charge in [0, 0.05) is 42.5 Å². The molecule has 2 amide bonds. The van der Waals surface area contributed by atoms with Crippen LogP contribution in [0.4, 0.5) is 21.0 Å². The van der Waals surface area contributed by atoms with Crippen LogP contribution in [0.1, 0.15) is 43.4 Å². The van der Waals surface area contributed by atoms with Crippen LogP contribution in [0.2, 0.25) is 0 Å². The fourth-order valence-electron chi connectivity index (χ4n) is 4.51. The highest BCUT2D eigenvalue weighted by molar-refractivity contribution is 8.14. The Labute approximate surface area is 234 Å². The zero-order valence-electron chi connectivity index (χ0n) is 22.2. The van der Waals surface area contributed by atoms with Gasteiger partial charge in [-0.2, -0.15) is 0 Å². The monoisotopic (exact) mass is 574 g/mol. The molecule has 0 radical (unpaired) electrons. The molecule has 0 bridgehead atoms. The maximum Gasteiger partial charge on any atom is 0.410 e. The van der Waals surface area contributed by atoms with Gasteiger partial charge in [0.15, 0.2) is 5.12 Å². The molecule has 0 aromatic heterocycles. The van der Waals surface area contributed by atoms with Crippen LogP contribution in [0.3, 0.4) is 0 Å². The molecule has 3 atom stereocenters. The number of carbonyl (C=O) groups excluding carboxylic acids is 3. The zero-order valence-corrected chi connectivity index (χ0v) is 23.0. The maximum absolute atomic E-state index is 13.1. The fourth-order valence-corrected chi connectivity index (χ4v) is 5.51. The van der Waals surface area contributed by atoms with Crippen LogP contribution >= 0.6 is 11.8 Å². The van der Waals surface area contributed by atoms with E-state index in [-0.39, 0.29) is 41.5 Å². The summed E-state index contributed by atoms with van der Waals surface area (Å²) < 4.78 is 10.8. The smallest absolute Gasteiger partial charge is 0.410 e. The van der Waals surface area contributed by atoms with Crippen LogP contribution in [0.5, 0.6) is 0 Å². The maximum atomic E-state index is 13.1. The molecule has 1 aliphatic heterocycles. The molecular formula is C26H30N4O9S. The number of nitro benzene ring substituents is 2. The Balaban J connectivity index is 1.66. The number of non-ortho nitro benzene ring substituents is 1. The fraction of sp³-hybridized carbons (Fsp3) is 0.423. The lowest BCUT2D eigenvalue weighted by Gasteiger charge is -2.30. The average molecular weight is 575 g/mol. The molecule has 14 heteroatoms. The summed E-state index contributed by atoms with van der Waals surface area (Å²) in [6.45, 7) is 4.80. The number of likely N-dealkylation sites (tertiary alicyclic amines) is 1. The molecule has 2 aromatic rings. The van der Waals surface area contributed by atoms with Crippen molar-refractivity contribution >= 4 is 40.4 Å². The van der Waals surface area contributed by atoms with E-state index in [1.807, 2.05) is 6.92 Å². The van der Waals surface area contributed by atoms with Crippen LogP contribution in [0.15, 0.2) is 42.5 Å². The summed E-state index contributed by atoms with van der Waals surface area (Å²) in [4.78, 5) is 60.0. The normalized spacial score (nSPS) is 17.1. The first kappa shape index (κ1) is 30.3. The molecule has 1 N–H and O–H groups in total. The van der Waals surface area contributed by atoms with Gasteiger partial charge in [0.1, 0.15) is 13.2 Å². The quantitative estimate of drug-likeness (QED) is 0.305. The first-order valence-electron chi connectivity index (χ1n) is 12.5. The molecule has 1 fully saturated rings. The molecule has 3 unspecified atom stereocenters. The van der Waals surface area contributed by atoms with Gasteiger partial charge < -0.3 is 19.7 Å². The number of nitro groups is 2. The van der Waals surface area contributed by atoms with Gasteiger partial charge in [-0.05, 0) is 43.0 Å². The van der Waals surface area contributed by atoms with Crippen LogP contribution in [0.25, 0.3) is 0 Å². The second kappa shape index (κ2) is 13.7. The van der Waals surface area contributed by atoms with Gasteiger partial charge in [-0.25, -0.2) is 9.59 Å². The van der Waals surface area contributed by atoms with Gasteiger partial charge in [0.05, 0.1) is 21.9 Å². The number of rotatable bonds is 10. The first-order valence-corrected chi connectivity index (χ1v) is 13.4. The van der Waals surface area contributed by atoms with Crippen molar-refractivity contribution in [1.29, 1.82) is 0 Å². The van der Waals surface area contributed by atoms with Crippen molar-refractivity contribution in [3.05, 3.63) is 79.4 Å². The van der Waals surface area contributed by atoms with Crippen molar-refractivity contribution in [3.63, 3.8) is 0 Å². The van der Waals surface area contributed by atoms with Crippen molar-refractivity contribution in [2.75, 3.05) is 6.54 Å². The number of benzene rings is 2.